The molecule has 0 radical (unpaired) electrons. The van der Waals surface area contributed by atoms with Crippen molar-refractivity contribution in [1.82, 2.24) is 15.1 Å². The minimum Gasteiger partial charge on any atom is -0.383 e. The van der Waals surface area contributed by atoms with Gasteiger partial charge in [0, 0.05) is 36.7 Å². The van der Waals surface area contributed by atoms with Crippen LogP contribution in [-0.2, 0) is 11.2 Å². The van der Waals surface area contributed by atoms with Gasteiger partial charge in [-0.1, -0.05) is 5.16 Å². The Morgan fingerprint density at radius 1 is 1.07 bits per heavy atom. The lowest BCUT2D eigenvalue weighted by molar-refractivity contribution is 0.122. The summed E-state index contributed by atoms with van der Waals surface area (Å²) in [5.74, 6) is 1.42. The second-order valence-electron chi connectivity index (χ2n) is 6.23. The summed E-state index contributed by atoms with van der Waals surface area (Å²) >= 11 is 0. The van der Waals surface area contributed by atoms with Gasteiger partial charge in [0.15, 0.2) is 0 Å². The molecule has 1 aliphatic heterocycles. The number of benzene rings is 1. The highest BCUT2D eigenvalue weighted by molar-refractivity contribution is 5.62. The van der Waals surface area contributed by atoms with E-state index < -0.39 is 0 Å². The Hall–Kier alpha value is -3.20. The van der Waals surface area contributed by atoms with Crippen LogP contribution in [0.25, 0.3) is 11.3 Å². The van der Waals surface area contributed by atoms with E-state index in [2.05, 4.69) is 20.0 Å². The van der Waals surface area contributed by atoms with Crippen LogP contribution in [-0.4, -0.2) is 41.4 Å². The number of rotatable bonds is 4. The van der Waals surface area contributed by atoms with Gasteiger partial charge in [-0.3, -0.25) is 0 Å². The van der Waals surface area contributed by atoms with Crippen molar-refractivity contribution in [3.05, 3.63) is 47.5 Å². The summed E-state index contributed by atoms with van der Waals surface area (Å²) in [4.78, 5) is 10.5. The average molecular weight is 370 g/mol. The van der Waals surface area contributed by atoms with Crippen molar-refractivity contribution in [3.8, 4) is 11.3 Å². The first-order valence-electron chi connectivity index (χ1n) is 8.56. The molecular formula is C18H19FN6O2. The van der Waals surface area contributed by atoms with Crippen LogP contribution in [0, 0.1) is 5.82 Å². The second-order valence-corrected chi connectivity index (χ2v) is 6.23. The Labute approximate surface area is 154 Å². The smallest absolute Gasteiger partial charge is 0.223 e. The minimum absolute atomic E-state index is 0.127. The molecule has 9 heteroatoms. The number of halogens is 1. The summed E-state index contributed by atoms with van der Waals surface area (Å²) in [7, 11) is 0. The molecule has 0 amide bonds. The normalized spacial score (nSPS) is 14.5. The number of morpholine rings is 1. The predicted octanol–water partition coefficient (Wildman–Crippen LogP) is 1.86. The van der Waals surface area contributed by atoms with Gasteiger partial charge in [-0.2, -0.15) is 9.97 Å². The molecule has 4 N–H and O–H groups in total. The Morgan fingerprint density at radius 2 is 1.81 bits per heavy atom. The molecule has 4 rings (SSSR count). The Morgan fingerprint density at radius 3 is 2.56 bits per heavy atom. The zero-order chi connectivity index (χ0) is 18.8. The van der Waals surface area contributed by atoms with Crippen molar-refractivity contribution in [2.24, 2.45) is 0 Å². The Balaban J connectivity index is 1.63. The molecule has 0 unspecified atom stereocenters. The number of anilines is 3. The number of nitrogens with two attached hydrogens (primary N) is 2. The first-order chi connectivity index (χ1) is 13.1. The highest BCUT2D eigenvalue weighted by Crippen LogP contribution is 2.28. The van der Waals surface area contributed by atoms with Crippen LogP contribution < -0.4 is 16.4 Å². The topological polar surface area (TPSA) is 116 Å². The predicted molar refractivity (Wildman–Crippen MR) is 98.6 cm³/mol. The average Bonchev–Trinajstić information content (AvgIpc) is 3.14. The summed E-state index contributed by atoms with van der Waals surface area (Å²) in [5, 5.41) is 4.06. The van der Waals surface area contributed by atoms with Crippen LogP contribution in [0.5, 0.6) is 0 Å². The number of hydrogen-bond acceptors (Lipinski definition) is 8. The Kier molecular flexibility index (Phi) is 4.59. The molecule has 0 spiro atoms. The van der Waals surface area contributed by atoms with Crippen LogP contribution in [0.3, 0.4) is 0 Å². The summed E-state index contributed by atoms with van der Waals surface area (Å²) in [5.41, 5.74) is 14.0. The fourth-order valence-corrected chi connectivity index (χ4v) is 3.04. The maximum Gasteiger partial charge on any atom is 0.223 e. The van der Waals surface area contributed by atoms with Gasteiger partial charge in [-0.15, -0.1) is 0 Å². The molecule has 1 aliphatic rings. The number of ether oxygens (including phenoxy) is 1. The van der Waals surface area contributed by atoms with E-state index in [-0.39, 0.29) is 11.8 Å². The third-order valence-electron chi connectivity index (χ3n) is 4.40. The van der Waals surface area contributed by atoms with Crippen LogP contribution in [0.1, 0.15) is 11.3 Å². The first-order valence-corrected chi connectivity index (χ1v) is 8.56. The van der Waals surface area contributed by atoms with Crippen molar-refractivity contribution < 1.29 is 13.7 Å². The second kappa shape index (κ2) is 7.20. The van der Waals surface area contributed by atoms with Crippen LogP contribution in [0.15, 0.2) is 34.9 Å². The van der Waals surface area contributed by atoms with E-state index in [4.69, 9.17) is 20.7 Å². The highest BCUT2D eigenvalue weighted by atomic mass is 19.1. The molecule has 1 aromatic carbocycles. The molecule has 1 saturated heterocycles. The molecule has 27 heavy (non-hydrogen) atoms. The van der Waals surface area contributed by atoms with E-state index in [1.165, 1.54) is 12.1 Å². The zero-order valence-corrected chi connectivity index (χ0v) is 14.6. The van der Waals surface area contributed by atoms with Gasteiger partial charge in [-0.25, -0.2) is 4.39 Å². The molecule has 0 saturated carbocycles. The maximum atomic E-state index is 13.1. The number of nitrogen functional groups attached to an aromatic ring is 2. The molecule has 0 aliphatic carbocycles. The van der Waals surface area contributed by atoms with E-state index in [1.807, 2.05) is 0 Å². The molecule has 140 valence electrons. The van der Waals surface area contributed by atoms with Gasteiger partial charge >= 0.3 is 0 Å². The van der Waals surface area contributed by atoms with E-state index in [9.17, 15) is 4.39 Å². The monoisotopic (exact) mass is 370 g/mol. The molecule has 0 bridgehead atoms. The lowest BCUT2D eigenvalue weighted by Gasteiger charge is -2.29. The van der Waals surface area contributed by atoms with Gasteiger partial charge in [0.2, 0.25) is 5.95 Å². The zero-order valence-electron chi connectivity index (χ0n) is 14.6. The Bertz CT molecular complexity index is 938. The van der Waals surface area contributed by atoms with E-state index in [0.717, 1.165) is 11.1 Å². The molecule has 3 heterocycles. The van der Waals surface area contributed by atoms with Gasteiger partial charge in [-0.05, 0) is 24.3 Å². The molecule has 8 nitrogen and oxygen atoms in total. The fourth-order valence-electron chi connectivity index (χ4n) is 3.04. The fraction of sp³-hybridized carbons (Fsp3) is 0.278. The van der Waals surface area contributed by atoms with Crippen molar-refractivity contribution in [2.75, 3.05) is 42.7 Å². The largest absolute Gasteiger partial charge is 0.383 e. The van der Waals surface area contributed by atoms with Crippen molar-refractivity contribution in [2.45, 2.75) is 6.42 Å². The first kappa shape index (κ1) is 17.2. The molecular weight excluding hydrogens is 351 g/mol. The number of aromatic nitrogens is 3. The van der Waals surface area contributed by atoms with Gasteiger partial charge in [0.1, 0.15) is 28.9 Å². The van der Waals surface area contributed by atoms with Crippen LogP contribution >= 0.6 is 0 Å². The SMILES string of the molecule is Nc1nc(N)c(Cc2cc(-c3ccc(F)cc3)no2)c(N2CCOCC2)n1. The minimum atomic E-state index is -0.301. The van der Waals surface area contributed by atoms with E-state index >= 15 is 0 Å². The van der Waals surface area contributed by atoms with Crippen LogP contribution in [0.4, 0.5) is 22.0 Å². The standard InChI is InChI=1S/C18H19FN6O2/c19-12-3-1-11(2-4-12)15-10-13(27-24-15)9-14-16(20)22-18(21)23-17(14)25-5-7-26-8-6-25/h1-4,10H,5-9H2,(H4,20,21,22,23). The van der Waals surface area contributed by atoms with E-state index in [0.29, 0.717) is 55.8 Å². The van der Waals surface area contributed by atoms with Crippen molar-refractivity contribution in [1.29, 1.82) is 0 Å². The highest BCUT2D eigenvalue weighted by Gasteiger charge is 2.21. The van der Waals surface area contributed by atoms with Crippen molar-refractivity contribution >= 4 is 17.6 Å². The maximum absolute atomic E-state index is 13.1. The van der Waals surface area contributed by atoms with E-state index in [1.54, 1.807) is 18.2 Å². The number of hydrogen-bond donors (Lipinski definition) is 2. The van der Waals surface area contributed by atoms with Crippen molar-refractivity contribution in [3.63, 3.8) is 0 Å². The number of nitrogens with zero attached hydrogens (tertiary/aromatic N) is 4. The molecule has 3 aromatic rings. The lowest BCUT2D eigenvalue weighted by Crippen LogP contribution is -2.37. The molecule has 0 atom stereocenters. The lowest BCUT2D eigenvalue weighted by atomic mass is 10.1. The summed E-state index contributed by atoms with van der Waals surface area (Å²) in [6, 6.07) is 7.86. The summed E-state index contributed by atoms with van der Waals surface area (Å²) in [6.45, 7) is 2.61. The third-order valence-corrected chi connectivity index (χ3v) is 4.40. The summed E-state index contributed by atoms with van der Waals surface area (Å²) in [6.07, 6.45) is 0.368. The van der Waals surface area contributed by atoms with Gasteiger partial charge in [0.05, 0.1) is 13.2 Å². The van der Waals surface area contributed by atoms with Gasteiger partial charge in [0.25, 0.3) is 0 Å². The molecule has 2 aromatic heterocycles. The van der Waals surface area contributed by atoms with Crippen LogP contribution in [0.2, 0.25) is 0 Å². The summed E-state index contributed by atoms with van der Waals surface area (Å²) < 4.78 is 23.9. The molecule has 1 fully saturated rings. The quantitative estimate of drug-likeness (QED) is 0.715. The third kappa shape index (κ3) is 3.68. The van der Waals surface area contributed by atoms with Gasteiger partial charge < -0.3 is 25.6 Å².